The Labute approximate surface area is 307 Å². The van der Waals surface area contributed by atoms with E-state index in [4.69, 9.17) is 19.4 Å². The Morgan fingerprint density at radius 2 is 2.12 bits per heavy atom. The van der Waals surface area contributed by atoms with Crippen molar-refractivity contribution in [3.63, 3.8) is 0 Å². The van der Waals surface area contributed by atoms with Crippen LogP contribution < -0.4 is 10.7 Å². The number of hydrogen-bond acceptors (Lipinski definition) is 10. The van der Waals surface area contributed by atoms with Gasteiger partial charge in [0.1, 0.15) is 12.1 Å². The highest BCUT2D eigenvalue weighted by atomic mass is 32.1. The van der Waals surface area contributed by atoms with Crippen molar-refractivity contribution >= 4 is 40.0 Å². The topological polar surface area (TPSA) is 151 Å². The number of methoxy groups -OCH3 is 1. The summed E-state index contributed by atoms with van der Waals surface area (Å²) < 4.78 is 14.1. The zero-order valence-electron chi connectivity index (χ0n) is 30.3. The van der Waals surface area contributed by atoms with Crippen LogP contribution >= 0.6 is 11.3 Å². The van der Waals surface area contributed by atoms with Gasteiger partial charge in [-0.15, -0.1) is 11.3 Å². The number of hydrogen-bond donors (Lipinski definition) is 2. The Balaban J connectivity index is 1.35. The molecule has 272 valence electrons. The first-order chi connectivity index (χ1) is 25.0. The molecule has 4 aromatic rings. The highest BCUT2D eigenvalue weighted by Gasteiger charge is 2.45. The highest BCUT2D eigenvalue weighted by molar-refractivity contribution is 7.10. The van der Waals surface area contributed by atoms with Gasteiger partial charge in [-0.2, -0.15) is 5.26 Å². The number of amides is 2. The van der Waals surface area contributed by atoms with E-state index >= 15 is 0 Å². The maximum absolute atomic E-state index is 14.0. The van der Waals surface area contributed by atoms with Crippen molar-refractivity contribution in [2.75, 3.05) is 20.3 Å². The Hall–Kier alpha value is -4.64. The third-order valence-electron chi connectivity index (χ3n) is 10.4. The number of pyridine rings is 1. The summed E-state index contributed by atoms with van der Waals surface area (Å²) in [6.45, 7) is 9.61. The van der Waals surface area contributed by atoms with Crippen molar-refractivity contribution in [1.29, 1.82) is 5.26 Å². The summed E-state index contributed by atoms with van der Waals surface area (Å²) in [6.07, 6.45) is 3.93. The molecule has 3 aromatic heterocycles. The van der Waals surface area contributed by atoms with Crippen molar-refractivity contribution in [3.8, 4) is 28.6 Å². The van der Waals surface area contributed by atoms with E-state index < -0.39 is 29.4 Å². The number of carbonyl (C=O) groups excluding carboxylic acids is 3. The lowest BCUT2D eigenvalue weighted by Crippen LogP contribution is -2.60. The molecule has 5 atom stereocenters. The first kappa shape index (κ1) is 35.7. The molecule has 3 aliphatic rings. The van der Waals surface area contributed by atoms with E-state index in [9.17, 15) is 19.6 Å². The van der Waals surface area contributed by atoms with Gasteiger partial charge in [-0.05, 0) is 69.4 Å². The summed E-state index contributed by atoms with van der Waals surface area (Å²) in [5, 5.41) is 17.4. The number of carbonyl (C=O) groups is 3. The smallest absolute Gasteiger partial charge is 0.324 e. The number of hydrazine groups is 1. The Morgan fingerprint density at radius 3 is 2.87 bits per heavy atom. The molecule has 1 aliphatic carbocycles. The van der Waals surface area contributed by atoms with Crippen LogP contribution in [0.5, 0.6) is 0 Å². The number of nitrogens with zero attached hydrogens (tertiary/aromatic N) is 5. The molecule has 2 fully saturated rings. The molecule has 2 amide bonds. The van der Waals surface area contributed by atoms with Crippen molar-refractivity contribution in [3.05, 3.63) is 58.2 Å². The van der Waals surface area contributed by atoms with Crippen LogP contribution in [-0.4, -0.2) is 69.7 Å². The molecule has 6 bridgehead atoms. The summed E-state index contributed by atoms with van der Waals surface area (Å²) in [7, 11) is 1.69. The summed E-state index contributed by atoms with van der Waals surface area (Å²) in [4.78, 5) is 50.5. The first-order valence-electron chi connectivity index (χ1n) is 18.0. The number of fused-ring (bicyclic) bond motifs is 6. The number of thiazole rings is 1. The van der Waals surface area contributed by atoms with Crippen LogP contribution in [0.3, 0.4) is 0 Å². The SMILES string of the molecule is CCn1c(-c2cccnc2[C@H](C)OC)c2c3cc(ccc31)-c1csc(n1)C[C@H](NC(=O)[C@@H]1CC1C#N)C(=O)N1CCC[C@H](N1)C(=O)OCC(C)(C)C2. The second-order valence-electron chi connectivity index (χ2n) is 14.8. The molecule has 2 N–H and O–H groups in total. The van der Waals surface area contributed by atoms with E-state index in [1.165, 1.54) is 16.3 Å². The summed E-state index contributed by atoms with van der Waals surface area (Å²) in [6, 6.07) is 11.0. The van der Waals surface area contributed by atoms with Crippen LogP contribution in [0.1, 0.15) is 69.3 Å². The number of aryl methyl sites for hydroxylation is 1. The van der Waals surface area contributed by atoms with Gasteiger partial charge in [-0.25, -0.2) is 10.4 Å². The number of aromatic nitrogens is 3. The normalized spacial score (nSPS) is 23.7. The van der Waals surface area contributed by atoms with Crippen LogP contribution in [0.2, 0.25) is 0 Å². The fraction of sp³-hybridized carbons (Fsp3) is 0.487. The quantitative estimate of drug-likeness (QED) is 0.251. The van der Waals surface area contributed by atoms with Crippen molar-refractivity contribution in [2.24, 2.45) is 17.3 Å². The third kappa shape index (κ3) is 6.95. The molecule has 0 spiro atoms. The minimum absolute atomic E-state index is 0.167. The lowest BCUT2D eigenvalue weighted by molar-refractivity contribution is -0.155. The summed E-state index contributed by atoms with van der Waals surface area (Å²) in [5.74, 6) is -1.86. The fourth-order valence-corrected chi connectivity index (χ4v) is 8.32. The molecule has 1 aromatic carbocycles. The third-order valence-corrected chi connectivity index (χ3v) is 11.3. The van der Waals surface area contributed by atoms with Gasteiger partial charge in [0.2, 0.25) is 5.91 Å². The number of ether oxygens (including phenoxy) is 2. The van der Waals surface area contributed by atoms with Gasteiger partial charge in [0.05, 0.1) is 52.7 Å². The van der Waals surface area contributed by atoms with E-state index in [0.717, 1.165) is 51.2 Å². The number of benzene rings is 1. The molecule has 1 saturated carbocycles. The van der Waals surface area contributed by atoms with Gasteiger partial charge in [0.15, 0.2) is 0 Å². The van der Waals surface area contributed by atoms with Gasteiger partial charge in [0, 0.05) is 65.6 Å². The lowest BCUT2D eigenvalue weighted by atomic mass is 9.84. The van der Waals surface area contributed by atoms with Gasteiger partial charge >= 0.3 is 5.97 Å². The molecule has 1 saturated heterocycles. The van der Waals surface area contributed by atoms with E-state index in [-0.39, 0.29) is 36.9 Å². The van der Waals surface area contributed by atoms with Gasteiger partial charge in [-0.1, -0.05) is 19.9 Å². The fourth-order valence-electron chi connectivity index (χ4n) is 7.47. The number of nitriles is 1. The molecular weight excluding hydrogens is 679 g/mol. The van der Waals surface area contributed by atoms with E-state index in [0.29, 0.717) is 37.2 Å². The Kier molecular flexibility index (Phi) is 9.91. The van der Waals surface area contributed by atoms with Gasteiger partial charge in [0.25, 0.3) is 5.91 Å². The predicted molar refractivity (Wildman–Crippen MR) is 197 cm³/mol. The molecule has 1 unspecified atom stereocenters. The molecule has 12 nitrogen and oxygen atoms in total. The Bertz CT molecular complexity index is 2060. The second kappa shape index (κ2) is 14.4. The molecule has 7 rings (SSSR count). The van der Waals surface area contributed by atoms with Gasteiger partial charge < -0.3 is 19.4 Å². The number of esters is 1. The van der Waals surface area contributed by atoms with E-state index in [1.54, 1.807) is 13.3 Å². The van der Waals surface area contributed by atoms with E-state index in [2.05, 4.69) is 66.4 Å². The van der Waals surface area contributed by atoms with Crippen LogP contribution in [0.4, 0.5) is 0 Å². The van der Waals surface area contributed by atoms with Crippen LogP contribution in [0.15, 0.2) is 41.9 Å². The largest absolute Gasteiger partial charge is 0.464 e. The van der Waals surface area contributed by atoms with Crippen LogP contribution in [-0.2, 0) is 43.2 Å². The maximum atomic E-state index is 14.0. The molecule has 0 radical (unpaired) electrons. The summed E-state index contributed by atoms with van der Waals surface area (Å²) in [5.41, 5.74) is 9.45. The minimum atomic E-state index is -0.926. The monoisotopic (exact) mass is 723 g/mol. The number of cyclic esters (lactones) is 1. The van der Waals surface area contributed by atoms with Crippen LogP contribution in [0.25, 0.3) is 33.4 Å². The second-order valence-corrected chi connectivity index (χ2v) is 15.8. The number of nitrogens with one attached hydrogen (secondary N) is 2. The molecular formula is C39H45N7O5S. The summed E-state index contributed by atoms with van der Waals surface area (Å²) >= 11 is 1.44. The zero-order chi connectivity index (χ0) is 36.7. The molecule has 5 heterocycles. The standard InChI is InChI=1S/C39H45N7O5S/c1-6-45-32-12-11-23-15-27(32)28(35(45)25-9-7-13-41-34(25)22(2)50-5)18-39(3,4)21-51-38(49)29-10-8-14-46(44-29)37(48)30(17-33-42-31(23)20-52-33)43-36(47)26-16-24(26)19-40/h7,9,11-13,15,20,22,24,26,29-30,44H,6,8,10,14,16-18,21H2,1-5H3,(H,43,47)/t22-,24?,26+,29-,30-/m0/s1. The number of rotatable bonds is 6. The highest BCUT2D eigenvalue weighted by Crippen LogP contribution is 2.42. The molecule has 2 aliphatic heterocycles. The molecule has 13 heteroatoms. The first-order valence-corrected chi connectivity index (χ1v) is 18.9. The van der Waals surface area contributed by atoms with E-state index in [1.807, 2.05) is 18.4 Å². The zero-order valence-corrected chi connectivity index (χ0v) is 31.1. The maximum Gasteiger partial charge on any atom is 0.324 e. The average Bonchev–Trinajstić information content (AvgIpc) is 3.71. The van der Waals surface area contributed by atoms with Crippen molar-refractivity contribution < 1.29 is 23.9 Å². The average molecular weight is 724 g/mol. The Morgan fingerprint density at radius 1 is 1.29 bits per heavy atom. The predicted octanol–water partition coefficient (Wildman–Crippen LogP) is 5.36. The van der Waals surface area contributed by atoms with Crippen molar-refractivity contribution in [2.45, 2.75) is 84.5 Å². The van der Waals surface area contributed by atoms with Crippen molar-refractivity contribution in [1.82, 2.24) is 30.3 Å². The van der Waals surface area contributed by atoms with Gasteiger partial charge in [-0.3, -0.25) is 24.4 Å². The molecule has 52 heavy (non-hydrogen) atoms. The minimum Gasteiger partial charge on any atom is -0.464 e. The van der Waals surface area contributed by atoms with Crippen LogP contribution in [0, 0.1) is 28.6 Å². The lowest BCUT2D eigenvalue weighted by Gasteiger charge is -2.35.